The molecule has 82 valence electrons. The van der Waals surface area contributed by atoms with Crippen molar-refractivity contribution in [3.8, 4) is 0 Å². The van der Waals surface area contributed by atoms with Gasteiger partial charge in [-0.25, -0.2) is 0 Å². The summed E-state index contributed by atoms with van der Waals surface area (Å²) < 4.78 is 0. The lowest BCUT2D eigenvalue weighted by molar-refractivity contribution is -0.138. The average molecular weight is 207 g/mol. The van der Waals surface area contributed by atoms with Crippen LogP contribution in [0.5, 0.6) is 0 Å². The second-order valence-electron chi connectivity index (χ2n) is 4.24. The highest BCUT2D eigenvalue weighted by Crippen LogP contribution is 2.52. The maximum absolute atomic E-state index is 11.7. The molecule has 3 aliphatic rings. The van der Waals surface area contributed by atoms with Crippen LogP contribution in [-0.4, -0.2) is 23.8 Å². The number of likely N-dealkylation sites (tertiary alicyclic amines) is 1. The van der Waals surface area contributed by atoms with Gasteiger partial charge in [-0.2, -0.15) is 0 Å². The first-order valence-electron chi connectivity index (χ1n) is 5.70. The molecule has 15 heavy (non-hydrogen) atoms. The fraction of sp³-hybridized carbons (Fsp3) is 0.667. The number of carbonyl (C=O) groups excluding carboxylic acids is 2. The van der Waals surface area contributed by atoms with E-state index >= 15 is 0 Å². The van der Waals surface area contributed by atoms with Crippen LogP contribution in [0.4, 0.5) is 0 Å². The van der Waals surface area contributed by atoms with Crippen LogP contribution in [0.3, 0.4) is 0 Å². The number of hydrogen-bond acceptors (Lipinski definition) is 2. The Balaban J connectivity index is 0.000000404. The molecule has 4 atom stereocenters. The van der Waals surface area contributed by atoms with E-state index in [0.717, 1.165) is 6.42 Å². The Bertz CT molecular complexity index is 305. The number of amides is 2. The second-order valence-corrected chi connectivity index (χ2v) is 4.24. The molecule has 2 amide bonds. The van der Waals surface area contributed by atoms with Crippen LogP contribution in [0.15, 0.2) is 12.2 Å². The van der Waals surface area contributed by atoms with Gasteiger partial charge in [0.15, 0.2) is 0 Å². The molecule has 1 heterocycles. The molecule has 3 nitrogen and oxygen atoms in total. The fourth-order valence-corrected chi connectivity index (χ4v) is 3.05. The van der Waals surface area contributed by atoms with E-state index < -0.39 is 0 Å². The van der Waals surface area contributed by atoms with Gasteiger partial charge in [-0.1, -0.05) is 26.0 Å². The van der Waals surface area contributed by atoms with E-state index in [0.29, 0.717) is 11.8 Å². The molecule has 3 heteroatoms. The molecule has 0 aromatic rings. The summed E-state index contributed by atoms with van der Waals surface area (Å²) in [6.07, 6.45) is 5.23. The van der Waals surface area contributed by atoms with Gasteiger partial charge in [-0.15, -0.1) is 0 Å². The summed E-state index contributed by atoms with van der Waals surface area (Å²) in [6.45, 7) is 4.00. The Morgan fingerprint density at radius 3 is 1.87 bits per heavy atom. The first-order valence-corrected chi connectivity index (χ1v) is 5.70. The summed E-state index contributed by atoms with van der Waals surface area (Å²) in [5.74, 6) is 0.714. The van der Waals surface area contributed by atoms with Gasteiger partial charge >= 0.3 is 0 Å². The molecule has 0 aromatic heterocycles. The van der Waals surface area contributed by atoms with Gasteiger partial charge < -0.3 is 0 Å². The zero-order valence-electron chi connectivity index (χ0n) is 9.43. The molecular formula is C12H17NO2. The molecule has 2 bridgehead atoms. The summed E-state index contributed by atoms with van der Waals surface area (Å²) in [5.41, 5.74) is 0. The molecule has 2 aliphatic carbocycles. The first-order chi connectivity index (χ1) is 7.20. The van der Waals surface area contributed by atoms with Crippen molar-refractivity contribution in [3.63, 3.8) is 0 Å². The normalized spacial score (nSPS) is 40.6. The molecule has 2 fully saturated rings. The van der Waals surface area contributed by atoms with Gasteiger partial charge in [0.1, 0.15) is 0 Å². The third kappa shape index (κ3) is 1.18. The number of rotatable bonds is 0. The molecule has 1 aliphatic heterocycles. The molecule has 1 saturated carbocycles. The van der Waals surface area contributed by atoms with Crippen molar-refractivity contribution in [2.75, 3.05) is 7.05 Å². The molecule has 3 rings (SSSR count). The van der Waals surface area contributed by atoms with Crippen molar-refractivity contribution in [1.29, 1.82) is 0 Å². The summed E-state index contributed by atoms with van der Waals surface area (Å²) in [7, 11) is 1.60. The second kappa shape index (κ2) is 3.47. The summed E-state index contributed by atoms with van der Waals surface area (Å²) in [6, 6.07) is 0. The average Bonchev–Trinajstić information content (AvgIpc) is 2.92. The van der Waals surface area contributed by atoms with Gasteiger partial charge in [0.25, 0.3) is 0 Å². The standard InChI is InChI=1S/C10H11NO2.C2H6/c1-11-9(12)7-5-2-3-6(4-5)8(7)10(11)13;1-2/h2-3,5-8H,4H2,1H3;1-2H3. The number of fused-ring (bicyclic) bond motifs is 5. The molecule has 0 aromatic carbocycles. The van der Waals surface area contributed by atoms with Gasteiger partial charge in [0.2, 0.25) is 11.8 Å². The largest absolute Gasteiger partial charge is 0.285 e. The molecule has 0 radical (unpaired) electrons. The summed E-state index contributed by atoms with van der Waals surface area (Å²) in [5, 5.41) is 0. The smallest absolute Gasteiger partial charge is 0.233 e. The molecular weight excluding hydrogens is 190 g/mol. The maximum atomic E-state index is 11.7. The number of nitrogens with zero attached hydrogens (tertiary/aromatic N) is 1. The van der Waals surface area contributed by atoms with E-state index in [2.05, 4.69) is 12.2 Å². The minimum atomic E-state index is -0.0208. The van der Waals surface area contributed by atoms with Crippen molar-refractivity contribution in [1.82, 2.24) is 4.90 Å². The van der Waals surface area contributed by atoms with E-state index in [-0.39, 0.29) is 23.7 Å². The lowest BCUT2D eigenvalue weighted by atomic mass is 9.85. The van der Waals surface area contributed by atoms with Crippen molar-refractivity contribution >= 4 is 11.8 Å². The van der Waals surface area contributed by atoms with Crippen molar-refractivity contribution in [2.45, 2.75) is 20.3 Å². The Labute approximate surface area is 90.1 Å². The van der Waals surface area contributed by atoms with Gasteiger partial charge in [-0.3, -0.25) is 14.5 Å². The lowest BCUT2D eigenvalue weighted by Gasteiger charge is -2.14. The van der Waals surface area contributed by atoms with Gasteiger partial charge in [0.05, 0.1) is 11.8 Å². The quantitative estimate of drug-likeness (QED) is 0.445. The van der Waals surface area contributed by atoms with E-state index in [9.17, 15) is 9.59 Å². The Hall–Kier alpha value is -1.12. The molecule has 4 unspecified atom stereocenters. The van der Waals surface area contributed by atoms with Crippen LogP contribution >= 0.6 is 0 Å². The number of allylic oxidation sites excluding steroid dienone is 2. The predicted molar refractivity (Wildman–Crippen MR) is 56.8 cm³/mol. The van der Waals surface area contributed by atoms with Crippen LogP contribution in [-0.2, 0) is 9.59 Å². The monoisotopic (exact) mass is 207 g/mol. The summed E-state index contributed by atoms with van der Waals surface area (Å²) in [4.78, 5) is 24.6. The van der Waals surface area contributed by atoms with E-state index in [1.807, 2.05) is 13.8 Å². The Morgan fingerprint density at radius 2 is 1.47 bits per heavy atom. The summed E-state index contributed by atoms with van der Waals surface area (Å²) >= 11 is 0. The number of carbonyl (C=O) groups is 2. The topological polar surface area (TPSA) is 37.4 Å². The minimum absolute atomic E-state index is 0.0208. The van der Waals surface area contributed by atoms with Gasteiger partial charge in [0, 0.05) is 7.05 Å². The minimum Gasteiger partial charge on any atom is -0.285 e. The number of imide groups is 1. The van der Waals surface area contributed by atoms with Crippen LogP contribution in [0, 0.1) is 23.7 Å². The van der Waals surface area contributed by atoms with Crippen molar-refractivity contribution in [2.24, 2.45) is 23.7 Å². The van der Waals surface area contributed by atoms with E-state index in [4.69, 9.17) is 0 Å². The number of hydrogen-bond donors (Lipinski definition) is 0. The zero-order chi connectivity index (χ0) is 11.2. The Kier molecular flexibility index (Phi) is 2.41. The van der Waals surface area contributed by atoms with Crippen molar-refractivity contribution in [3.05, 3.63) is 12.2 Å². The highest BCUT2D eigenvalue weighted by atomic mass is 16.2. The predicted octanol–water partition coefficient (Wildman–Crippen LogP) is 1.45. The van der Waals surface area contributed by atoms with E-state index in [1.54, 1.807) is 7.05 Å². The SMILES string of the molecule is CC.CN1C(=O)C2C3C=CC(C3)C2C1=O. The van der Waals surface area contributed by atoms with E-state index in [1.165, 1.54) is 4.90 Å². The molecule has 1 saturated heterocycles. The highest BCUT2D eigenvalue weighted by molar-refractivity contribution is 6.06. The molecule has 0 N–H and O–H groups in total. The first kappa shape index (κ1) is 10.4. The van der Waals surface area contributed by atoms with Crippen LogP contribution in [0.2, 0.25) is 0 Å². The third-order valence-electron chi connectivity index (χ3n) is 3.69. The van der Waals surface area contributed by atoms with Crippen LogP contribution in [0.1, 0.15) is 20.3 Å². The fourth-order valence-electron chi connectivity index (χ4n) is 3.05. The van der Waals surface area contributed by atoms with Crippen LogP contribution < -0.4 is 0 Å². The maximum Gasteiger partial charge on any atom is 0.233 e. The van der Waals surface area contributed by atoms with Crippen LogP contribution in [0.25, 0.3) is 0 Å². The zero-order valence-corrected chi connectivity index (χ0v) is 9.43. The lowest BCUT2D eigenvalue weighted by Crippen LogP contribution is -2.28. The van der Waals surface area contributed by atoms with Crippen molar-refractivity contribution < 1.29 is 9.59 Å². The molecule has 0 spiro atoms. The third-order valence-corrected chi connectivity index (χ3v) is 3.69. The highest BCUT2D eigenvalue weighted by Gasteiger charge is 2.58. The Morgan fingerprint density at radius 1 is 1.07 bits per heavy atom. The van der Waals surface area contributed by atoms with Gasteiger partial charge in [-0.05, 0) is 18.3 Å².